The van der Waals surface area contributed by atoms with E-state index in [1.165, 1.54) is 0 Å². The van der Waals surface area contributed by atoms with Gasteiger partial charge in [-0.2, -0.15) is 0 Å². The van der Waals surface area contributed by atoms with Gasteiger partial charge in [0.2, 0.25) is 10.0 Å². The summed E-state index contributed by atoms with van der Waals surface area (Å²) >= 11 is 0. The molecule has 104 valence electrons. The minimum Gasteiger partial charge on any atom is -0.361 e. The van der Waals surface area contributed by atoms with Crippen LogP contribution in [0.3, 0.4) is 0 Å². The molecule has 0 saturated carbocycles. The molecule has 0 spiro atoms. The number of H-pyrrole nitrogens is 1. The van der Waals surface area contributed by atoms with Crippen LogP contribution >= 0.6 is 0 Å². The van der Waals surface area contributed by atoms with Crippen molar-refractivity contribution in [3.63, 3.8) is 0 Å². The number of hydrogen-bond acceptors (Lipinski definition) is 5. The number of aromatic amines is 1. The predicted octanol–water partition coefficient (Wildman–Crippen LogP) is 0.758. The summed E-state index contributed by atoms with van der Waals surface area (Å²) in [5.41, 5.74) is 0.413. The molecule has 2 aromatic heterocycles. The van der Waals surface area contributed by atoms with E-state index in [9.17, 15) is 8.42 Å². The van der Waals surface area contributed by atoms with Crippen LogP contribution in [0, 0.1) is 6.92 Å². The van der Waals surface area contributed by atoms with Crippen LogP contribution in [0.1, 0.15) is 23.7 Å². The van der Waals surface area contributed by atoms with Crippen LogP contribution in [0.4, 0.5) is 0 Å². The Morgan fingerprint density at radius 3 is 2.95 bits per heavy atom. The molecule has 2 rings (SSSR count). The lowest BCUT2D eigenvalue weighted by Crippen LogP contribution is -2.26. The molecule has 0 unspecified atom stereocenters. The monoisotopic (exact) mass is 284 g/mol. The molecular formula is C11H16N4O3S. The van der Waals surface area contributed by atoms with Crippen LogP contribution in [0.5, 0.6) is 0 Å². The Morgan fingerprint density at radius 1 is 1.47 bits per heavy atom. The number of rotatable bonds is 7. The lowest BCUT2D eigenvalue weighted by atomic mass is 10.3. The standard InChI is InChI=1S/C11H16N4O3S/c1-9-7-10(15-18-9)8-19(16,17)14-4-2-3-11-12-5-6-13-11/h5-7,14H,2-4,8H2,1H3,(H,12,13). The van der Waals surface area contributed by atoms with Crippen molar-refractivity contribution in [1.29, 1.82) is 0 Å². The number of imidazole rings is 1. The molecule has 0 saturated heterocycles. The summed E-state index contributed by atoms with van der Waals surface area (Å²) in [6.07, 6.45) is 4.81. The molecule has 2 N–H and O–H groups in total. The molecule has 8 heteroatoms. The van der Waals surface area contributed by atoms with Gasteiger partial charge in [-0.3, -0.25) is 0 Å². The van der Waals surface area contributed by atoms with E-state index in [-0.39, 0.29) is 5.75 Å². The predicted molar refractivity (Wildman–Crippen MR) is 68.8 cm³/mol. The minimum absolute atomic E-state index is 0.162. The number of nitrogens with zero attached hydrogens (tertiary/aromatic N) is 2. The summed E-state index contributed by atoms with van der Waals surface area (Å²) in [7, 11) is -3.37. The highest BCUT2D eigenvalue weighted by Gasteiger charge is 2.13. The van der Waals surface area contributed by atoms with E-state index in [1.54, 1.807) is 25.4 Å². The van der Waals surface area contributed by atoms with E-state index < -0.39 is 10.0 Å². The highest BCUT2D eigenvalue weighted by molar-refractivity contribution is 7.88. The first kappa shape index (κ1) is 13.8. The number of aryl methyl sites for hydroxylation is 2. The first-order chi connectivity index (χ1) is 9.05. The summed E-state index contributed by atoms with van der Waals surface area (Å²) in [5.74, 6) is 1.29. The summed E-state index contributed by atoms with van der Waals surface area (Å²) in [5, 5.41) is 3.66. The lowest BCUT2D eigenvalue weighted by Gasteiger charge is -2.04. The van der Waals surface area contributed by atoms with E-state index >= 15 is 0 Å². The Bertz CT molecular complexity index is 604. The quantitative estimate of drug-likeness (QED) is 0.731. The number of nitrogens with one attached hydrogen (secondary N) is 2. The third-order valence-electron chi connectivity index (χ3n) is 2.48. The van der Waals surface area contributed by atoms with Gasteiger partial charge >= 0.3 is 0 Å². The van der Waals surface area contributed by atoms with Crippen LogP contribution in [-0.4, -0.2) is 30.1 Å². The van der Waals surface area contributed by atoms with Crippen molar-refractivity contribution in [2.24, 2.45) is 0 Å². The van der Waals surface area contributed by atoms with Gasteiger partial charge in [0.25, 0.3) is 0 Å². The molecule has 2 heterocycles. The molecule has 0 aliphatic heterocycles. The van der Waals surface area contributed by atoms with Crippen LogP contribution in [0.15, 0.2) is 23.0 Å². The van der Waals surface area contributed by atoms with Crippen molar-refractivity contribution in [2.75, 3.05) is 6.54 Å². The molecule has 19 heavy (non-hydrogen) atoms. The molecule has 0 aliphatic rings. The molecule has 0 radical (unpaired) electrons. The van der Waals surface area contributed by atoms with Gasteiger partial charge < -0.3 is 9.51 Å². The zero-order valence-corrected chi connectivity index (χ0v) is 11.4. The average Bonchev–Trinajstić information content (AvgIpc) is 2.96. The molecular weight excluding hydrogens is 268 g/mol. The number of hydrogen-bond donors (Lipinski definition) is 2. The zero-order chi connectivity index (χ0) is 13.7. The van der Waals surface area contributed by atoms with Crippen molar-refractivity contribution in [3.8, 4) is 0 Å². The summed E-state index contributed by atoms with van der Waals surface area (Å²) < 4.78 is 30.9. The van der Waals surface area contributed by atoms with Gasteiger partial charge in [0, 0.05) is 31.4 Å². The minimum atomic E-state index is -3.37. The number of aromatic nitrogens is 3. The van der Waals surface area contributed by atoms with Crippen molar-refractivity contribution in [2.45, 2.75) is 25.5 Å². The van der Waals surface area contributed by atoms with Crippen LogP contribution in [0.2, 0.25) is 0 Å². The fraction of sp³-hybridized carbons (Fsp3) is 0.455. The topological polar surface area (TPSA) is 101 Å². The van der Waals surface area contributed by atoms with E-state index in [0.717, 1.165) is 5.82 Å². The smallest absolute Gasteiger partial charge is 0.217 e. The Kier molecular flexibility index (Phi) is 4.33. The second kappa shape index (κ2) is 5.98. The van der Waals surface area contributed by atoms with Crippen molar-refractivity contribution in [3.05, 3.63) is 35.7 Å². The van der Waals surface area contributed by atoms with Crippen LogP contribution < -0.4 is 4.72 Å². The number of sulfonamides is 1. The van der Waals surface area contributed by atoms with E-state index in [0.29, 0.717) is 30.8 Å². The first-order valence-corrected chi connectivity index (χ1v) is 7.58. The van der Waals surface area contributed by atoms with Gasteiger partial charge in [-0.15, -0.1) is 0 Å². The second-order valence-corrected chi connectivity index (χ2v) is 6.03. The van der Waals surface area contributed by atoms with Crippen molar-refractivity contribution >= 4 is 10.0 Å². The lowest BCUT2D eigenvalue weighted by molar-refractivity contribution is 0.392. The summed E-state index contributed by atoms with van der Waals surface area (Å²) in [6, 6.07) is 1.61. The van der Waals surface area contributed by atoms with Gasteiger partial charge in [-0.25, -0.2) is 18.1 Å². The van der Waals surface area contributed by atoms with Gasteiger partial charge in [-0.05, 0) is 13.3 Å². The molecule has 0 bridgehead atoms. The third kappa shape index (κ3) is 4.49. The van der Waals surface area contributed by atoms with Gasteiger partial charge in [0.05, 0.1) is 0 Å². The fourth-order valence-electron chi connectivity index (χ4n) is 1.65. The van der Waals surface area contributed by atoms with Crippen LogP contribution in [0.25, 0.3) is 0 Å². The third-order valence-corrected chi connectivity index (χ3v) is 3.80. The molecule has 0 atom stereocenters. The maximum Gasteiger partial charge on any atom is 0.217 e. The largest absolute Gasteiger partial charge is 0.361 e. The highest BCUT2D eigenvalue weighted by Crippen LogP contribution is 2.05. The summed E-state index contributed by atoms with van der Waals surface area (Å²) in [6.45, 7) is 2.10. The molecule has 0 amide bonds. The van der Waals surface area contributed by atoms with E-state index in [4.69, 9.17) is 4.52 Å². The molecule has 2 aromatic rings. The fourth-order valence-corrected chi connectivity index (χ4v) is 2.73. The van der Waals surface area contributed by atoms with Gasteiger partial charge in [0.1, 0.15) is 23.0 Å². The van der Waals surface area contributed by atoms with Crippen molar-refractivity contribution < 1.29 is 12.9 Å². The summed E-state index contributed by atoms with van der Waals surface area (Å²) in [4.78, 5) is 7.03. The Labute approximate surface area is 111 Å². The average molecular weight is 284 g/mol. The molecule has 0 aliphatic carbocycles. The SMILES string of the molecule is Cc1cc(CS(=O)(=O)NCCCc2ncc[nH]2)no1. The molecule has 0 aromatic carbocycles. The molecule has 7 nitrogen and oxygen atoms in total. The Morgan fingerprint density at radius 2 is 2.32 bits per heavy atom. The Balaban J connectivity index is 1.75. The van der Waals surface area contributed by atoms with Gasteiger partial charge in [0.15, 0.2) is 0 Å². The van der Waals surface area contributed by atoms with E-state index in [2.05, 4.69) is 19.8 Å². The van der Waals surface area contributed by atoms with Crippen molar-refractivity contribution in [1.82, 2.24) is 19.8 Å². The second-order valence-electron chi connectivity index (χ2n) is 4.22. The first-order valence-electron chi connectivity index (χ1n) is 5.93. The maximum absolute atomic E-state index is 11.8. The maximum atomic E-state index is 11.8. The zero-order valence-electron chi connectivity index (χ0n) is 10.6. The van der Waals surface area contributed by atoms with E-state index in [1.807, 2.05) is 0 Å². The Hall–Kier alpha value is -1.67. The van der Waals surface area contributed by atoms with Gasteiger partial charge in [-0.1, -0.05) is 5.16 Å². The van der Waals surface area contributed by atoms with Crippen LogP contribution in [-0.2, 0) is 22.2 Å². The molecule has 0 fully saturated rings. The normalized spacial score (nSPS) is 11.8. The highest BCUT2D eigenvalue weighted by atomic mass is 32.2.